The third-order valence-electron chi connectivity index (χ3n) is 6.22. The van der Waals surface area contributed by atoms with Gasteiger partial charge in [0.2, 0.25) is 5.91 Å². The second-order valence-electron chi connectivity index (χ2n) is 7.86. The average Bonchev–Trinajstić information content (AvgIpc) is 3.16. The summed E-state index contributed by atoms with van der Waals surface area (Å²) in [7, 11) is 0. The predicted molar refractivity (Wildman–Crippen MR) is 99.4 cm³/mol. The van der Waals surface area contributed by atoms with Crippen LogP contribution in [0.5, 0.6) is 0 Å². The molecule has 0 aliphatic heterocycles. The molecule has 1 aromatic carbocycles. The number of aromatic nitrogens is 3. The molecule has 1 aromatic heterocycles. The zero-order chi connectivity index (χ0) is 18.1. The Kier molecular flexibility index (Phi) is 4.76. The molecule has 2 bridgehead atoms. The normalized spacial score (nSPS) is 29.2. The van der Waals surface area contributed by atoms with Crippen LogP contribution in [0, 0.1) is 17.8 Å². The van der Waals surface area contributed by atoms with E-state index >= 15 is 0 Å². The lowest BCUT2D eigenvalue weighted by atomic mass is 9.65. The fourth-order valence-electron chi connectivity index (χ4n) is 4.68. The maximum Gasteiger partial charge on any atom is 0.223 e. The quantitative estimate of drug-likeness (QED) is 0.885. The highest BCUT2D eigenvalue weighted by molar-refractivity contribution is 5.79. The molecule has 3 unspecified atom stereocenters. The molecule has 4 rings (SSSR count). The highest BCUT2D eigenvalue weighted by atomic mass is 16.1. The van der Waals surface area contributed by atoms with Gasteiger partial charge in [-0.1, -0.05) is 18.6 Å². The zero-order valence-electron chi connectivity index (χ0n) is 15.2. The zero-order valence-corrected chi connectivity index (χ0v) is 15.2. The third-order valence-corrected chi connectivity index (χ3v) is 6.22. The Labute approximate surface area is 154 Å². The Morgan fingerprint density at radius 3 is 2.54 bits per heavy atom. The lowest BCUT2D eigenvalue weighted by molar-refractivity contribution is -0.128. The fraction of sp³-hybridized carbons (Fsp3) is 0.550. The van der Waals surface area contributed by atoms with Gasteiger partial charge in [0.25, 0.3) is 0 Å². The molecule has 0 spiro atoms. The van der Waals surface area contributed by atoms with Crippen molar-refractivity contribution in [3.05, 3.63) is 42.5 Å². The van der Waals surface area contributed by atoms with E-state index in [2.05, 4.69) is 15.4 Å². The monoisotopic (exact) mass is 353 g/mol. The Bertz CT molecular complexity index is 728. The van der Waals surface area contributed by atoms with Crippen LogP contribution in [0.4, 0.5) is 0 Å². The Balaban J connectivity index is 1.38. The molecule has 0 radical (unpaired) electrons. The van der Waals surface area contributed by atoms with Gasteiger partial charge in [-0.15, -0.1) is 0 Å². The third kappa shape index (κ3) is 3.38. The molecule has 2 aliphatic carbocycles. The summed E-state index contributed by atoms with van der Waals surface area (Å²) in [6, 6.07) is 8.35. The van der Waals surface area contributed by atoms with Gasteiger partial charge < -0.3 is 11.1 Å². The molecule has 3 atom stereocenters. The summed E-state index contributed by atoms with van der Waals surface area (Å²) in [5.41, 5.74) is 8.40. The molecule has 1 amide bonds. The lowest BCUT2D eigenvalue weighted by Crippen LogP contribution is -2.49. The van der Waals surface area contributed by atoms with Crippen LogP contribution in [-0.2, 0) is 4.79 Å². The molecule has 6 heteroatoms. The summed E-state index contributed by atoms with van der Waals surface area (Å²) in [6.45, 7) is 2.04. The van der Waals surface area contributed by atoms with Crippen molar-refractivity contribution in [2.45, 2.75) is 51.1 Å². The van der Waals surface area contributed by atoms with Gasteiger partial charge >= 0.3 is 0 Å². The summed E-state index contributed by atoms with van der Waals surface area (Å²) in [5.74, 6) is 1.34. The van der Waals surface area contributed by atoms with Gasteiger partial charge in [0.05, 0.1) is 11.7 Å². The minimum Gasteiger partial charge on any atom is -0.349 e. The highest BCUT2D eigenvalue weighted by Crippen LogP contribution is 2.42. The van der Waals surface area contributed by atoms with E-state index in [0.29, 0.717) is 17.9 Å². The molecular weight excluding hydrogens is 326 g/mol. The van der Waals surface area contributed by atoms with Crippen LogP contribution in [0.15, 0.2) is 36.9 Å². The smallest absolute Gasteiger partial charge is 0.223 e. The van der Waals surface area contributed by atoms with E-state index in [9.17, 15) is 4.79 Å². The summed E-state index contributed by atoms with van der Waals surface area (Å²) in [5, 5.41) is 7.34. The van der Waals surface area contributed by atoms with E-state index in [-0.39, 0.29) is 17.9 Å². The number of carbonyl (C=O) groups is 1. The van der Waals surface area contributed by atoms with Crippen LogP contribution in [-0.4, -0.2) is 26.7 Å². The molecule has 1 heterocycles. The molecule has 3 N–H and O–H groups in total. The lowest BCUT2D eigenvalue weighted by Gasteiger charge is -2.43. The van der Waals surface area contributed by atoms with Crippen LogP contribution in [0.3, 0.4) is 0 Å². The second-order valence-corrected chi connectivity index (χ2v) is 7.86. The Morgan fingerprint density at radius 2 is 1.92 bits per heavy atom. The number of amides is 1. The van der Waals surface area contributed by atoms with Crippen molar-refractivity contribution < 1.29 is 4.79 Å². The standard InChI is InChI=1S/C20H27N5O/c1-13(14-5-7-18(8-6-14)25-12-22-11-23-25)24-20(26)17-9-15-3-2-4-16(10-17)19(15)21/h5-8,11-13,15-17,19H,2-4,9-10,21H2,1H3,(H,24,26). The highest BCUT2D eigenvalue weighted by Gasteiger charge is 2.40. The molecule has 138 valence electrons. The number of benzene rings is 1. The van der Waals surface area contributed by atoms with Gasteiger partial charge in [0.1, 0.15) is 12.7 Å². The fourth-order valence-corrected chi connectivity index (χ4v) is 4.68. The minimum atomic E-state index is -0.0114. The predicted octanol–water partition coefficient (Wildman–Crippen LogP) is 2.60. The first-order valence-corrected chi connectivity index (χ1v) is 9.62. The van der Waals surface area contributed by atoms with Crippen LogP contribution >= 0.6 is 0 Å². The van der Waals surface area contributed by atoms with Gasteiger partial charge in [0, 0.05) is 12.0 Å². The molecule has 6 nitrogen and oxygen atoms in total. The van der Waals surface area contributed by atoms with E-state index in [4.69, 9.17) is 5.73 Å². The van der Waals surface area contributed by atoms with Gasteiger partial charge in [-0.2, -0.15) is 5.10 Å². The molecule has 2 aromatic rings. The molecule has 0 saturated heterocycles. The van der Waals surface area contributed by atoms with Gasteiger partial charge in [-0.3, -0.25) is 4.79 Å². The average molecular weight is 353 g/mol. The summed E-state index contributed by atoms with van der Waals surface area (Å²) >= 11 is 0. The minimum absolute atomic E-state index is 0.0114. The molecule has 2 fully saturated rings. The first-order valence-electron chi connectivity index (χ1n) is 9.62. The largest absolute Gasteiger partial charge is 0.349 e. The summed E-state index contributed by atoms with van der Waals surface area (Å²) in [6.07, 6.45) is 8.71. The molecule has 26 heavy (non-hydrogen) atoms. The van der Waals surface area contributed by atoms with E-state index in [0.717, 1.165) is 24.1 Å². The van der Waals surface area contributed by atoms with Crippen molar-refractivity contribution in [2.24, 2.45) is 23.5 Å². The van der Waals surface area contributed by atoms with Crippen molar-refractivity contribution in [2.75, 3.05) is 0 Å². The first kappa shape index (κ1) is 17.2. The van der Waals surface area contributed by atoms with Gasteiger partial charge in [-0.25, -0.2) is 9.67 Å². The van der Waals surface area contributed by atoms with E-state index in [1.165, 1.54) is 25.6 Å². The van der Waals surface area contributed by atoms with Crippen molar-refractivity contribution in [3.8, 4) is 5.69 Å². The number of hydrogen-bond donors (Lipinski definition) is 2. The van der Waals surface area contributed by atoms with Crippen molar-refractivity contribution in [1.82, 2.24) is 20.1 Å². The van der Waals surface area contributed by atoms with E-state index in [1.807, 2.05) is 31.2 Å². The molecule has 2 aliphatic rings. The van der Waals surface area contributed by atoms with Gasteiger partial charge in [-0.05, 0) is 62.1 Å². The maximum absolute atomic E-state index is 12.8. The van der Waals surface area contributed by atoms with Crippen molar-refractivity contribution in [3.63, 3.8) is 0 Å². The number of nitrogens with two attached hydrogens (primary N) is 1. The van der Waals surface area contributed by atoms with Gasteiger partial charge in [0.15, 0.2) is 0 Å². The van der Waals surface area contributed by atoms with Crippen molar-refractivity contribution in [1.29, 1.82) is 0 Å². The number of nitrogens with one attached hydrogen (secondary N) is 1. The van der Waals surface area contributed by atoms with Crippen LogP contribution in [0.1, 0.15) is 50.6 Å². The first-order chi connectivity index (χ1) is 12.6. The van der Waals surface area contributed by atoms with E-state index < -0.39 is 0 Å². The second kappa shape index (κ2) is 7.19. The Hall–Kier alpha value is -2.21. The number of rotatable bonds is 4. The number of hydrogen-bond acceptors (Lipinski definition) is 4. The topological polar surface area (TPSA) is 85.8 Å². The van der Waals surface area contributed by atoms with Crippen LogP contribution in [0.2, 0.25) is 0 Å². The molecular formula is C20H27N5O. The SMILES string of the molecule is CC(NC(=O)C1CC2CCCC(C1)C2N)c1ccc(-n2cncn2)cc1. The number of fused-ring (bicyclic) bond motifs is 2. The van der Waals surface area contributed by atoms with E-state index in [1.54, 1.807) is 11.0 Å². The number of nitrogens with zero attached hydrogens (tertiary/aromatic N) is 3. The van der Waals surface area contributed by atoms with Crippen LogP contribution < -0.4 is 11.1 Å². The van der Waals surface area contributed by atoms with Crippen molar-refractivity contribution >= 4 is 5.91 Å². The summed E-state index contributed by atoms with van der Waals surface area (Å²) < 4.78 is 1.72. The Morgan fingerprint density at radius 1 is 1.23 bits per heavy atom. The summed E-state index contributed by atoms with van der Waals surface area (Å²) in [4.78, 5) is 16.8. The van der Waals surface area contributed by atoms with Crippen LogP contribution in [0.25, 0.3) is 5.69 Å². The molecule has 2 saturated carbocycles. The number of carbonyl (C=O) groups excluding carboxylic acids is 1. The maximum atomic E-state index is 12.8.